The van der Waals surface area contributed by atoms with Crippen LogP contribution in [0, 0.1) is 6.92 Å². The number of likely N-dealkylation sites (tertiary alicyclic amines) is 1. The largest absolute Gasteiger partial charge is 0.483 e. The Morgan fingerprint density at radius 3 is 2.38 bits per heavy atom. The van der Waals surface area contributed by atoms with Gasteiger partial charge in [-0.2, -0.15) is 0 Å². The maximum Gasteiger partial charge on any atom is 0.409 e. The number of rotatable bonds is 11. The number of alkyl halides is 2. The molecule has 2 atom stereocenters. The lowest BCUT2D eigenvalue weighted by Crippen LogP contribution is -2.56. The van der Waals surface area contributed by atoms with Gasteiger partial charge in [0.05, 0.1) is 18.7 Å². The number of pyridine rings is 1. The first kappa shape index (κ1) is 34.8. The van der Waals surface area contributed by atoms with Gasteiger partial charge in [0.15, 0.2) is 6.61 Å². The van der Waals surface area contributed by atoms with Crippen molar-refractivity contribution in [1.82, 2.24) is 25.0 Å². The van der Waals surface area contributed by atoms with Crippen LogP contribution in [-0.2, 0) is 23.9 Å². The number of carboxylic acid groups (broad SMARTS) is 2. The van der Waals surface area contributed by atoms with E-state index in [1.54, 1.807) is 32.0 Å². The Hall–Kier alpha value is -5.09. The third-order valence-electron chi connectivity index (χ3n) is 7.75. The quantitative estimate of drug-likeness (QED) is 0.315. The van der Waals surface area contributed by atoms with Gasteiger partial charge < -0.3 is 39.7 Å². The van der Waals surface area contributed by atoms with Gasteiger partial charge >= 0.3 is 18.0 Å². The Morgan fingerprint density at radius 2 is 1.74 bits per heavy atom. The summed E-state index contributed by atoms with van der Waals surface area (Å²) in [6.45, 7) is 2.34. The van der Waals surface area contributed by atoms with E-state index >= 15 is 0 Å². The smallest absolute Gasteiger partial charge is 0.409 e. The first-order valence-corrected chi connectivity index (χ1v) is 14.9. The number of halogens is 2. The summed E-state index contributed by atoms with van der Waals surface area (Å²) in [5, 5.41) is 21.5. The number of benzene rings is 1. The van der Waals surface area contributed by atoms with Crippen molar-refractivity contribution >= 4 is 46.7 Å². The van der Waals surface area contributed by atoms with Crippen molar-refractivity contribution in [2.24, 2.45) is 0 Å². The van der Waals surface area contributed by atoms with E-state index in [9.17, 15) is 47.8 Å². The van der Waals surface area contributed by atoms with Gasteiger partial charge in [0, 0.05) is 50.5 Å². The molecule has 3 heterocycles. The molecule has 0 saturated carbocycles. The second-order valence-corrected chi connectivity index (χ2v) is 11.2. The van der Waals surface area contributed by atoms with E-state index in [4.69, 9.17) is 9.47 Å². The van der Waals surface area contributed by atoms with Crippen LogP contribution in [0.3, 0.4) is 0 Å². The highest BCUT2D eigenvalue weighted by atomic mass is 19.3. The molecular weight excluding hydrogens is 628 g/mol. The summed E-state index contributed by atoms with van der Waals surface area (Å²) in [6.07, 6.45) is -2.23. The number of aromatic nitrogens is 1. The van der Waals surface area contributed by atoms with Crippen molar-refractivity contribution in [2.75, 3.05) is 45.9 Å². The van der Waals surface area contributed by atoms with E-state index in [-0.39, 0.29) is 56.2 Å². The zero-order valence-electron chi connectivity index (χ0n) is 25.7. The summed E-state index contributed by atoms with van der Waals surface area (Å²) in [7, 11) is 0. The van der Waals surface area contributed by atoms with Crippen molar-refractivity contribution in [1.29, 1.82) is 0 Å². The zero-order chi connectivity index (χ0) is 34.5. The summed E-state index contributed by atoms with van der Waals surface area (Å²) in [4.78, 5) is 82.3. The summed E-state index contributed by atoms with van der Waals surface area (Å²) < 4.78 is 38.5. The molecule has 2 aromatic rings. The standard InChI is InChI=1S/C30H35F2N5O10/c1-3-46-29(45)36-10-8-35(9-11-36)27(42)19(6-7-25(39)40)34-26(41)21-13-23(18-5-4-17(2)12-20(18)33-21)47-15-24(38)37-16-30(31,32)14-22(37)28(43)44/h4-5,12-13,19,22H,3,6-11,14-16H2,1-2H3,(H,34,41)(H,39,40)(H,43,44)/t19?,22-/m0/s1. The molecule has 0 bridgehead atoms. The molecular formula is C30H35F2N5O10. The van der Waals surface area contributed by atoms with Gasteiger partial charge in [-0.25, -0.2) is 23.4 Å². The van der Waals surface area contributed by atoms with Crippen molar-refractivity contribution in [3.63, 3.8) is 0 Å². The Kier molecular flexibility index (Phi) is 10.8. The molecule has 0 spiro atoms. The van der Waals surface area contributed by atoms with Gasteiger partial charge in [0.1, 0.15) is 23.5 Å². The van der Waals surface area contributed by atoms with Crippen LogP contribution in [0.15, 0.2) is 24.3 Å². The highest BCUT2D eigenvalue weighted by Crippen LogP contribution is 2.33. The maximum absolute atomic E-state index is 13.9. The van der Waals surface area contributed by atoms with Crippen LogP contribution in [0.2, 0.25) is 0 Å². The summed E-state index contributed by atoms with van der Waals surface area (Å²) in [6, 6.07) is 3.13. The molecule has 0 radical (unpaired) electrons. The number of piperazine rings is 1. The minimum Gasteiger partial charge on any atom is -0.483 e. The van der Waals surface area contributed by atoms with Crippen LogP contribution < -0.4 is 10.1 Å². The van der Waals surface area contributed by atoms with Crippen LogP contribution >= 0.6 is 0 Å². The highest BCUT2D eigenvalue weighted by molar-refractivity contribution is 5.99. The van der Waals surface area contributed by atoms with E-state index in [1.165, 1.54) is 15.9 Å². The molecule has 1 aromatic carbocycles. The zero-order valence-corrected chi connectivity index (χ0v) is 25.7. The second-order valence-electron chi connectivity index (χ2n) is 11.2. The van der Waals surface area contributed by atoms with E-state index in [0.29, 0.717) is 10.3 Å². The van der Waals surface area contributed by atoms with Gasteiger partial charge in [-0.3, -0.25) is 19.2 Å². The first-order chi connectivity index (χ1) is 22.2. The number of carbonyl (C=O) groups excluding carboxylic acids is 4. The Labute approximate surface area is 267 Å². The first-order valence-electron chi connectivity index (χ1n) is 14.9. The molecule has 1 unspecified atom stereocenters. The molecule has 0 aliphatic carbocycles. The number of carboxylic acids is 2. The van der Waals surface area contributed by atoms with E-state index in [0.717, 1.165) is 5.56 Å². The van der Waals surface area contributed by atoms with Gasteiger partial charge in [-0.05, 0) is 38.0 Å². The molecule has 4 amide bonds. The molecule has 1 aromatic heterocycles. The lowest BCUT2D eigenvalue weighted by atomic mass is 10.1. The number of aryl methyl sites for hydroxylation is 1. The number of hydrogen-bond acceptors (Lipinski definition) is 9. The number of nitrogens with zero attached hydrogens (tertiary/aromatic N) is 4. The number of aliphatic carboxylic acids is 2. The number of fused-ring (bicyclic) bond motifs is 1. The molecule has 2 aliphatic rings. The maximum atomic E-state index is 13.9. The van der Waals surface area contributed by atoms with Crippen molar-refractivity contribution in [2.45, 2.75) is 51.1 Å². The van der Waals surface area contributed by atoms with Crippen LogP contribution in [-0.4, -0.2) is 130 Å². The molecule has 2 saturated heterocycles. The van der Waals surface area contributed by atoms with Gasteiger partial charge in [0.25, 0.3) is 17.7 Å². The van der Waals surface area contributed by atoms with Gasteiger partial charge in [0.2, 0.25) is 5.91 Å². The van der Waals surface area contributed by atoms with Gasteiger partial charge in [-0.1, -0.05) is 6.07 Å². The lowest BCUT2D eigenvalue weighted by Gasteiger charge is -2.35. The second kappa shape index (κ2) is 14.6. The van der Waals surface area contributed by atoms with Crippen LogP contribution in [0.5, 0.6) is 5.75 Å². The average Bonchev–Trinajstić information content (AvgIpc) is 3.36. The number of nitrogens with one attached hydrogen (secondary N) is 1. The average molecular weight is 664 g/mol. The predicted molar refractivity (Wildman–Crippen MR) is 158 cm³/mol. The minimum absolute atomic E-state index is 0.0326. The molecule has 2 aliphatic heterocycles. The van der Waals surface area contributed by atoms with Crippen molar-refractivity contribution in [3.05, 3.63) is 35.5 Å². The molecule has 4 rings (SSSR count). The van der Waals surface area contributed by atoms with Crippen molar-refractivity contribution < 1.29 is 57.2 Å². The Morgan fingerprint density at radius 1 is 1.06 bits per heavy atom. The van der Waals surface area contributed by atoms with E-state index in [2.05, 4.69) is 10.3 Å². The summed E-state index contributed by atoms with van der Waals surface area (Å²) in [5.74, 6) is -8.60. The summed E-state index contributed by atoms with van der Waals surface area (Å²) in [5.41, 5.74) is 0.770. The minimum atomic E-state index is -3.38. The fourth-order valence-electron chi connectivity index (χ4n) is 5.37. The fourth-order valence-corrected chi connectivity index (χ4v) is 5.37. The highest BCUT2D eigenvalue weighted by Gasteiger charge is 2.50. The monoisotopic (exact) mass is 663 g/mol. The van der Waals surface area contributed by atoms with E-state index < -0.39 is 79.8 Å². The van der Waals surface area contributed by atoms with Crippen LogP contribution in [0.1, 0.15) is 42.2 Å². The topological polar surface area (TPSA) is 196 Å². The van der Waals surface area contributed by atoms with Crippen LogP contribution in [0.25, 0.3) is 10.9 Å². The summed E-state index contributed by atoms with van der Waals surface area (Å²) >= 11 is 0. The third kappa shape index (κ3) is 8.59. The molecule has 254 valence electrons. The third-order valence-corrected chi connectivity index (χ3v) is 7.75. The predicted octanol–water partition coefficient (Wildman–Crippen LogP) is 1.51. The SMILES string of the molecule is CCOC(=O)N1CCN(C(=O)C(CCC(=O)O)NC(=O)c2cc(OCC(=O)N3CC(F)(F)C[C@H]3C(=O)O)c3ccc(C)cc3n2)CC1. The Bertz CT molecular complexity index is 1560. The molecule has 17 heteroatoms. The van der Waals surface area contributed by atoms with Crippen LogP contribution in [0.4, 0.5) is 13.6 Å². The normalized spacial score (nSPS) is 18.0. The fraction of sp³-hybridized carbons (Fsp3) is 0.500. The number of ether oxygens (including phenoxy) is 2. The molecule has 47 heavy (non-hydrogen) atoms. The Balaban J connectivity index is 1.53. The molecule has 2 fully saturated rings. The van der Waals surface area contributed by atoms with Gasteiger partial charge in [-0.15, -0.1) is 0 Å². The number of hydrogen-bond donors (Lipinski definition) is 3. The molecule has 3 N–H and O–H groups in total. The van der Waals surface area contributed by atoms with Crippen molar-refractivity contribution in [3.8, 4) is 5.75 Å². The number of carbonyl (C=O) groups is 6. The lowest BCUT2D eigenvalue weighted by molar-refractivity contribution is -0.149. The number of amides is 4. The molecule has 15 nitrogen and oxygen atoms in total. The van der Waals surface area contributed by atoms with E-state index in [1.807, 2.05) is 0 Å².